The number of thioether (sulfide) groups is 1. The van der Waals surface area contributed by atoms with Gasteiger partial charge in [-0.3, -0.25) is 4.79 Å². The number of benzene rings is 2. The second-order valence-corrected chi connectivity index (χ2v) is 6.75. The Bertz CT molecular complexity index is 755. The highest BCUT2D eigenvalue weighted by Gasteiger charge is 2.17. The van der Waals surface area contributed by atoms with E-state index in [-0.39, 0.29) is 5.78 Å². The molecule has 128 valence electrons. The standard InChI is InChI=1S/C21H21NO2S/c1-2-3-14-18(23)15-25-21-22-19(16-10-6-4-7-11-16)20(24-21)17-12-8-5-9-13-17/h4-13H,2-3,14-15H2,1H3. The summed E-state index contributed by atoms with van der Waals surface area (Å²) in [5.41, 5.74) is 2.81. The van der Waals surface area contributed by atoms with Crippen LogP contribution in [0.4, 0.5) is 0 Å². The van der Waals surface area contributed by atoms with Gasteiger partial charge in [-0.1, -0.05) is 85.8 Å². The highest BCUT2D eigenvalue weighted by atomic mass is 32.2. The third kappa shape index (κ3) is 4.60. The van der Waals surface area contributed by atoms with E-state index < -0.39 is 0 Å². The molecule has 0 saturated heterocycles. The van der Waals surface area contributed by atoms with Crippen LogP contribution in [0.5, 0.6) is 0 Å². The van der Waals surface area contributed by atoms with Gasteiger partial charge in [0.1, 0.15) is 11.5 Å². The summed E-state index contributed by atoms with van der Waals surface area (Å²) in [6.45, 7) is 2.09. The van der Waals surface area contributed by atoms with Crippen LogP contribution in [0.1, 0.15) is 26.2 Å². The van der Waals surface area contributed by atoms with Crippen molar-refractivity contribution in [3.63, 3.8) is 0 Å². The smallest absolute Gasteiger partial charge is 0.257 e. The molecule has 0 aliphatic heterocycles. The molecule has 1 aromatic heterocycles. The number of oxazole rings is 1. The maximum atomic E-state index is 11.9. The highest BCUT2D eigenvalue weighted by molar-refractivity contribution is 7.99. The maximum Gasteiger partial charge on any atom is 0.257 e. The van der Waals surface area contributed by atoms with Crippen LogP contribution in [0.3, 0.4) is 0 Å². The fourth-order valence-corrected chi connectivity index (χ4v) is 3.25. The van der Waals surface area contributed by atoms with Crippen molar-refractivity contribution in [2.75, 3.05) is 5.75 Å². The lowest BCUT2D eigenvalue weighted by molar-refractivity contribution is -0.116. The first kappa shape index (κ1) is 17.5. The number of nitrogens with zero attached hydrogens (tertiary/aromatic N) is 1. The molecular weight excluding hydrogens is 330 g/mol. The third-order valence-corrected chi connectivity index (χ3v) is 4.74. The van der Waals surface area contributed by atoms with Crippen molar-refractivity contribution in [1.29, 1.82) is 0 Å². The summed E-state index contributed by atoms with van der Waals surface area (Å²) >= 11 is 1.38. The van der Waals surface area contributed by atoms with Gasteiger partial charge in [0.25, 0.3) is 5.22 Å². The molecule has 0 atom stereocenters. The lowest BCUT2D eigenvalue weighted by Gasteiger charge is -2.00. The number of hydrogen-bond acceptors (Lipinski definition) is 4. The minimum Gasteiger partial charge on any atom is -0.431 e. The Hall–Kier alpha value is -2.33. The van der Waals surface area contributed by atoms with E-state index >= 15 is 0 Å². The Balaban J connectivity index is 1.86. The van der Waals surface area contributed by atoms with Crippen LogP contribution in [0.15, 0.2) is 70.3 Å². The fourth-order valence-electron chi connectivity index (χ4n) is 2.53. The summed E-state index contributed by atoms with van der Waals surface area (Å²) in [6.07, 6.45) is 2.60. The van der Waals surface area contributed by atoms with Gasteiger partial charge in [-0.05, 0) is 6.42 Å². The minimum absolute atomic E-state index is 0.243. The predicted molar refractivity (Wildman–Crippen MR) is 103 cm³/mol. The van der Waals surface area contributed by atoms with Crippen molar-refractivity contribution in [2.45, 2.75) is 31.4 Å². The molecular formula is C21H21NO2S. The van der Waals surface area contributed by atoms with Gasteiger partial charge in [0, 0.05) is 17.5 Å². The van der Waals surface area contributed by atoms with E-state index in [1.807, 2.05) is 60.7 Å². The molecule has 3 nitrogen and oxygen atoms in total. The Labute approximate surface area is 152 Å². The summed E-state index contributed by atoms with van der Waals surface area (Å²) in [6, 6.07) is 19.9. The number of hydrogen-bond donors (Lipinski definition) is 0. The summed E-state index contributed by atoms with van der Waals surface area (Å²) in [7, 11) is 0. The average molecular weight is 351 g/mol. The van der Waals surface area contributed by atoms with E-state index in [2.05, 4.69) is 11.9 Å². The van der Waals surface area contributed by atoms with Gasteiger partial charge < -0.3 is 4.42 Å². The number of Topliss-reactive ketones (excluding diaryl/α,β-unsaturated/α-hetero) is 1. The molecule has 3 rings (SSSR count). The van der Waals surface area contributed by atoms with Crippen LogP contribution in [-0.4, -0.2) is 16.5 Å². The summed E-state index contributed by atoms with van der Waals surface area (Å²) in [4.78, 5) is 16.6. The zero-order chi connectivity index (χ0) is 17.5. The molecule has 0 spiro atoms. The van der Waals surface area contributed by atoms with E-state index in [9.17, 15) is 4.79 Å². The molecule has 4 heteroatoms. The summed E-state index contributed by atoms with van der Waals surface area (Å²) in [5.74, 6) is 1.39. The number of carbonyl (C=O) groups excluding carboxylic acids is 1. The number of carbonyl (C=O) groups is 1. The van der Waals surface area contributed by atoms with Gasteiger partial charge in [0.05, 0.1) is 5.75 Å². The lowest BCUT2D eigenvalue weighted by Crippen LogP contribution is -2.00. The minimum atomic E-state index is 0.243. The number of ketones is 1. The SMILES string of the molecule is CCCCC(=O)CSc1nc(-c2ccccc2)c(-c2ccccc2)o1. The molecule has 1 heterocycles. The van der Waals surface area contributed by atoms with Crippen molar-refractivity contribution < 1.29 is 9.21 Å². The first-order valence-electron chi connectivity index (χ1n) is 8.54. The molecule has 0 saturated carbocycles. The van der Waals surface area contributed by atoms with Crippen molar-refractivity contribution in [3.05, 3.63) is 60.7 Å². The Morgan fingerprint density at radius 3 is 2.28 bits per heavy atom. The molecule has 3 aromatic rings. The third-order valence-electron chi connectivity index (χ3n) is 3.86. The fraction of sp³-hybridized carbons (Fsp3) is 0.238. The maximum absolute atomic E-state index is 11.9. The first-order valence-corrected chi connectivity index (χ1v) is 9.52. The Kier molecular flexibility index (Phi) is 6.07. The van der Waals surface area contributed by atoms with Crippen molar-refractivity contribution in [3.8, 4) is 22.6 Å². The molecule has 0 aliphatic rings. The molecule has 0 aliphatic carbocycles. The van der Waals surface area contributed by atoms with Gasteiger partial charge in [0.15, 0.2) is 5.76 Å². The topological polar surface area (TPSA) is 43.1 Å². The number of aromatic nitrogens is 1. The lowest BCUT2D eigenvalue weighted by atomic mass is 10.1. The van der Waals surface area contributed by atoms with Gasteiger partial charge in [0.2, 0.25) is 0 Å². The number of rotatable bonds is 8. The monoisotopic (exact) mass is 351 g/mol. The molecule has 0 N–H and O–H groups in total. The first-order chi connectivity index (χ1) is 12.3. The molecule has 2 aromatic carbocycles. The highest BCUT2D eigenvalue weighted by Crippen LogP contribution is 2.35. The quantitative estimate of drug-likeness (QED) is 0.477. The second kappa shape index (κ2) is 8.67. The van der Waals surface area contributed by atoms with Crippen LogP contribution in [0, 0.1) is 0 Å². The largest absolute Gasteiger partial charge is 0.431 e. The van der Waals surface area contributed by atoms with Crippen LogP contribution in [0.2, 0.25) is 0 Å². The molecule has 25 heavy (non-hydrogen) atoms. The van der Waals surface area contributed by atoms with Crippen LogP contribution < -0.4 is 0 Å². The van der Waals surface area contributed by atoms with E-state index in [0.29, 0.717) is 17.4 Å². The molecule has 0 fully saturated rings. The van der Waals surface area contributed by atoms with E-state index in [1.54, 1.807) is 0 Å². The van der Waals surface area contributed by atoms with E-state index in [0.717, 1.165) is 35.4 Å². The Morgan fingerprint density at radius 1 is 1.00 bits per heavy atom. The van der Waals surface area contributed by atoms with Crippen LogP contribution >= 0.6 is 11.8 Å². The Morgan fingerprint density at radius 2 is 1.64 bits per heavy atom. The zero-order valence-electron chi connectivity index (χ0n) is 14.3. The van der Waals surface area contributed by atoms with Gasteiger partial charge in [-0.2, -0.15) is 0 Å². The normalized spacial score (nSPS) is 10.8. The predicted octanol–water partition coefficient (Wildman–Crippen LogP) is 5.86. The molecule has 0 unspecified atom stereocenters. The molecule has 0 amide bonds. The summed E-state index contributed by atoms with van der Waals surface area (Å²) < 4.78 is 6.01. The van der Waals surface area contributed by atoms with Crippen molar-refractivity contribution >= 4 is 17.5 Å². The van der Waals surface area contributed by atoms with Crippen LogP contribution in [-0.2, 0) is 4.79 Å². The second-order valence-electron chi connectivity index (χ2n) is 5.82. The van der Waals surface area contributed by atoms with Crippen molar-refractivity contribution in [1.82, 2.24) is 4.98 Å². The average Bonchev–Trinajstić information content (AvgIpc) is 3.10. The van der Waals surface area contributed by atoms with E-state index in [1.165, 1.54) is 11.8 Å². The van der Waals surface area contributed by atoms with Gasteiger partial charge >= 0.3 is 0 Å². The van der Waals surface area contributed by atoms with Gasteiger partial charge in [-0.25, -0.2) is 4.98 Å². The molecule has 0 bridgehead atoms. The van der Waals surface area contributed by atoms with E-state index in [4.69, 9.17) is 4.42 Å². The summed E-state index contributed by atoms with van der Waals surface area (Å²) in [5, 5.41) is 0.544. The van der Waals surface area contributed by atoms with Gasteiger partial charge in [-0.15, -0.1) is 0 Å². The van der Waals surface area contributed by atoms with Crippen LogP contribution in [0.25, 0.3) is 22.6 Å². The zero-order valence-corrected chi connectivity index (χ0v) is 15.1. The molecule has 0 radical (unpaired) electrons. The number of unbranched alkanes of at least 4 members (excludes halogenated alkanes) is 1. The van der Waals surface area contributed by atoms with Crippen molar-refractivity contribution in [2.24, 2.45) is 0 Å².